The normalized spacial score (nSPS) is 10.0. The smallest absolute Gasteiger partial charge is 0.0758 e. The van der Waals surface area contributed by atoms with Gasteiger partial charge in [-0.05, 0) is 18.2 Å². The Morgan fingerprint density at radius 2 is 1.93 bits per heavy atom. The number of aromatic nitrogens is 2. The second kappa shape index (κ2) is 3.33. The first kappa shape index (κ1) is 8.50. The molecule has 0 fully saturated rings. The molecule has 0 aliphatic heterocycles. The van der Waals surface area contributed by atoms with Gasteiger partial charge in [-0.3, -0.25) is 9.97 Å². The van der Waals surface area contributed by atoms with Crippen molar-refractivity contribution in [2.45, 2.75) is 0 Å². The Kier molecular flexibility index (Phi) is 2.02. The van der Waals surface area contributed by atoms with Gasteiger partial charge in [-0.25, -0.2) is 0 Å². The molecule has 0 unspecified atom stereocenters. The lowest BCUT2D eigenvalue weighted by atomic mass is 10.1. The topological polar surface area (TPSA) is 77.8 Å². The van der Waals surface area contributed by atoms with Gasteiger partial charge in [-0.2, -0.15) is 0 Å². The zero-order valence-corrected chi connectivity index (χ0v) is 7.51. The highest BCUT2D eigenvalue weighted by Crippen LogP contribution is 2.23. The van der Waals surface area contributed by atoms with Crippen molar-refractivity contribution in [3.63, 3.8) is 0 Å². The summed E-state index contributed by atoms with van der Waals surface area (Å²) in [5.41, 5.74) is 14.3. The monoisotopic (exact) mass is 186 g/mol. The molecular weight excluding hydrogens is 176 g/mol. The highest BCUT2D eigenvalue weighted by molar-refractivity contribution is 5.73. The van der Waals surface area contributed by atoms with Crippen LogP contribution in [0.15, 0.2) is 36.8 Å². The average Bonchev–Trinajstić information content (AvgIpc) is 2.18. The van der Waals surface area contributed by atoms with E-state index in [1.807, 2.05) is 0 Å². The molecule has 4 N–H and O–H groups in total. The molecule has 4 heteroatoms. The summed E-state index contributed by atoms with van der Waals surface area (Å²) < 4.78 is 0. The molecule has 0 aromatic carbocycles. The summed E-state index contributed by atoms with van der Waals surface area (Å²) in [5, 5.41) is 0. The fourth-order valence-electron chi connectivity index (χ4n) is 1.21. The minimum absolute atomic E-state index is 0.651. The maximum absolute atomic E-state index is 5.78. The van der Waals surface area contributed by atoms with E-state index in [1.54, 1.807) is 36.8 Å². The molecule has 2 aromatic rings. The van der Waals surface area contributed by atoms with Gasteiger partial charge in [0.2, 0.25) is 0 Å². The molecule has 0 bridgehead atoms. The molecule has 0 aliphatic carbocycles. The Bertz CT molecular complexity index is 453. The van der Waals surface area contributed by atoms with Crippen LogP contribution in [0.2, 0.25) is 0 Å². The first-order chi connectivity index (χ1) is 6.77. The molecule has 0 saturated carbocycles. The average molecular weight is 186 g/mol. The van der Waals surface area contributed by atoms with Crippen LogP contribution in [-0.4, -0.2) is 9.97 Å². The van der Waals surface area contributed by atoms with Crippen molar-refractivity contribution in [2.75, 3.05) is 11.5 Å². The van der Waals surface area contributed by atoms with Crippen molar-refractivity contribution < 1.29 is 0 Å². The van der Waals surface area contributed by atoms with Crippen molar-refractivity contribution >= 4 is 11.4 Å². The van der Waals surface area contributed by atoms with E-state index in [2.05, 4.69) is 9.97 Å². The standard InChI is InChI=1S/C10H10N4/c11-7-1-4-14-10(5-7)8-6-13-3-2-9(8)12/h1-6H,(H2,11,14)(H2,12,13). The van der Waals surface area contributed by atoms with E-state index in [4.69, 9.17) is 11.5 Å². The largest absolute Gasteiger partial charge is 0.399 e. The number of hydrogen-bond acceptors (Lipinski definition) is 4. The third-order valence-corrected chi connectivity index (χ3v) is 1.91. The number of anilines is 2. The fraction of sp³-hybridized carbons (Fsp3) is 0. The number of rotatable bonds is 1. The number of pyridine rings is 2. The van der Waals surface area contributed by atoms with E-state index in [1.165, 1.54) is 0 Å². The highest BCUT2D eigenvalue weighted by atomic mass is 14.7. The Morgan fingerprint density at radius 3 is 2.64 bits per heavy atom. The van der Waals surface area contributed by atoms with Crippen LogP contribution in [0.3, 0.4) is 0 Å². The first-order valence-corrected chi connectivity index (χ1v) is 4.19. The molecule has 0 spiro atoms. The molecule has 0 amide bonds. The molecule has 0 atom stereocenters. The van der Waals surface area contributed by atoms with Crippen LogP contribution in [0.5, 0.6) is 0 Å². The molecule has 4 nitrogen and oxygen atoms in total. The Labute approximate surface area is 81.6 Å². The minimum atomic E-state index is 0.651. The summed E-state index contributed by atoms with van der Waals surface area (Å²) in [6.07, 6.45) is 4.97. The zero-order chi connectivity index (χ0) is 9.97. The number of hydrogen-bond donors (Lipinski definition) is 2. The second-order valence-electron chi connectivity index (χ2n) is 2.94. The number of nitrogen functional groups attached to an aromatic ring is 2. The van der Waals surface area contributed by atoms with Gasteiger partial charge >= 0.3 is 0 Å². The van der Waals surface area contributed by atoms with Gasteiger partial charge in [0.25, 0.3) is 0 Å². The van der Waals surface area contributed by atoms with Crippen molar-refractivity contribution in [2.24, 2.45) is 0 Å². The minimum Gasteiger partial charge on any atom is -0.399 e. The summed E-state index contributed by atoms with van der Waals surface area (Å²) in [6.45, 7) is 0. The van der Waals surface area contributed by atoms with Gasteiger partial charge in [0.05, 0.1) is 5.69 Å². The zero-order valence-electron chi connectivity index (χ0n) is 7.51. The van der Waals surface area contributed by atoms with Gasteiger partial charge in [0.15, 0.2) is 0 Å². The van der Waals surface area contributed by atoms with Crippen LogP contribution >= 0.6 is 0 Å². The highest BCUT2D eigenvalue weighted by Gasteiger charge is 2.03. The molecule has 70 valence electrons. The van der Waals surface area contributed by atoms with Crippen molar-refractivity contribution in [3.05, 3.63) is 36.8 Å². The van der Waals surface area contributed by atoms with Crippen LogP contribution in [0, 0.1) is 0 Å². The van der Waals surface area contributed by atoms with E-state index in [0.29, 0.717) is 11.4 Å². The first-order valence-electron chi connectivity index (χ1n) is 4.19. The van der Waals surface area contributed by atoms with Crippen molar-refractivity contribution in [1.82, 2.24) is 9.97 Å². The second-order valence-corrected chi connectivity index (χ2v) is 2.94. The summed E-state index contributed by atoms with van der Waals surface area (Å²) >= 11 is 0. The summed E-state index contributed by atoms with van der Waals surface area (Å²) in [5.74, 6) is 0. The van der Waals surface area contributed by atoms with Gasteiger partial charge in [0.1, 0.15) is 0 Å². The van der Waals surface area contributed by atoms with E-state index in [-0.39, 0.29) is 0 Å². The van der Waals surface area contributed by atoms with E-state index in [0.717, 1.165) is 11.3 Å². The van der Waals surface area contributed by atoms with Gasteiger partial charge in [0, 0.05) is 35.5 Å². The third kappa shape index (κ3) is 1.50. The molecular formula is C10H10N4. The molecule has 14 heavy (non-hydrogen) atoms. The predicted octanol–water partition coefficient (Wildman–Crippen LogP) is 1.31. The summed E-state index contributed by atoms with van der Waals surface area (Å²) in [6, 6.07) is 5.24. The van der Waals surface area contributed by atoms with E-state index < -0.39 is 0 Å². The van der Waals surface area contributed by atoms with Gasteiger partial charge < -0.3 is 11.5 Å². The van der Waals surface area contributed by atoms with E-state index >= 15 is 0 Å². The Hall–Kier alpha value is -2.10. The van der Waals surface area contributed by atoms with Crippen molar-refractivity contribution in [3.8, 4) is 11.3 Å². The van der Waals surface area contributed by atoms with Crippen LogP contribution < -0.4 is 11.5 Å². The third-order valence-electron chi connectivity index (χ3n) is 1.91. The number of nitrogens with zero attached hydrogens (tertiary/aromatic N) is 2. The van der Waals surface area contributed by atoms with Crippen LogP contribution in [0.4, 0.5) is 11.4 Å². The predicted molar refractivity (Wildman–Crippen MR) is 56.3 cm³/mol. The molecule has 0 aliphatic rings. The quantitative estimate of drug-likeness (QED) is 0.703. The Balaban J connectivity index is 2.55. The van der Waals surface area contributed by atoms with E-state index in [9.17, 15) is 0 Å². The molecule has 2 aromatic heterocycles. The maximum Gasteiger partial charge on any atom is 0.0758 e. The molecule has 0 radical (unpaired) electrons. The fourth-order valence-corrected chi connectivity index (χ4v) is 1.21. The maximum atomic E-state index is 5.78. The molecule has 0 saturated heterocycles. The van der Waals surface area contributed by atoms with Crippen LogP contribution in [-0.2, 0) is 0 Å². The molecule has 2 rings (SSSR count). The van der Waals surface area contributed by atoms with Gasteiger partial charge in [-0.15, -0.1) is 0 Å². The van der Waals surface area contributed by atoms with Gasteiger partial charge in [-0.1, -0.05) is 0 Å². The lowest BCUT2D eigenvalue weighted by molar-refractivity contribution is 1.28. The summed E-state index contributed by atoms with van der Waals surface area (Å²) in [4.78, 5) is 8.16. The Morgan fingerprint density at radius 1 is 1.07 bits per heavy atom. The van der Waals surface area contributed by atoms with Crippen LogP contribution in [0.25, 0.3) is 11.3 Å². The lowest BCUT2D eigenvalue weighted by Crippen LogP contribution is -1.94. The summed E-state index contributed by atoms with van der Waals surface area (Å²) in [7, 11) is 0. The SMILES string of the molecule is Nc1ccnc(-c2cnccc2N)c1. The molecule has 2 heterocycles. The number of nitrogens with two attached hydrogens (primary N) is 2. The van der Waals surface area contributed by atoms with Crippen LogP contribution in [0.1, 0.15) is 0 Å². The van der Waals surface area contributed by atoms with Crippen molar-refractivity contribution in [1.29, 1.82) is 0 Å². The lowest BCUT2D eigenvalue weighted by Gasteiger charge is -2.03.